The van der Waals surface area contributed by atoms with Crippen molar-refractivity contribution in [1.29, 1.82) is 0 Å². The zero-order valence-electron chi connectivity index (χ0n) is 19.8. The molecule has 0 amide bonds. The van der Waals surface area contributed by atoms with Gasteiger partial charge in [0.15, 0.2) is 0 Å². The van der Waals surface area contributed by atoms with Gasteiger partial charge in [-0.05, 0) is 133 Å². The molecule has 2 nitrogen and oxygen atoms in total. The maximum Gasteiger partial charge on any atom is 0.0501 e. The molecule has 0 N–H and O–H groups in total. The van der Waals surface area contributed by atoms with Crippen molar-refractivity contribution in [2.45, 2.75) is 104 Å². The van der Waals surface area contributed by atoms with Gasteiger partial charge in [-0.15, -0.1) is 0 Å². The summed E-state index contributed by atoms with van der Waals surface area (Å²) in [6, 6.07) is 1.34. The first-order valence-electron chi connectivity index (χ1n) is 12.3. The van der Waals surface area contributed by atoms with Crippen LogP contribution in [0.2, 0.25) is 0 Å². The molecule has 160 valence electrons. The fourth-order valence-corrected chi connectivity index (χ4v) is 8.91. The lowest BCUT2D eigenvalue weighted by atomic mass is 9.44. The Hall–Kier alpha value is -0.370. The third kappa shape index (κ3) is 3.21. The van der Waals surface area contributed by atoms with Gasteiger partial charge in [-0.2, -0.15) is 0 Å². The van der Waals surface area contributed by atoms with Crippen LogP contribution in [0.25, 0.3) is 0 Å². The average Bonchev–Trinajstić information content (AvgIpc) is 2.98. The van der Waals surface area contributed by atoms with Gasteiger partial charge in [-0.25, -0.2) is 0 Å². The zero-order valence-corrected chi connectivity index (χ0v) is 19.8. The summed E-state index contributed by atoms with van der Waals surface area (Å²) < 4.78 is 0. The van der Waals surface area contributed by atoms with Crippen LogP contribution in [0.3, 0.4) is 0 Å². The van der Waals surface area contributed by atoms with E-state index in [9.17, 15) is 0 Å². The predicted molar refractivity (Wildman–Crippen MR) is 121 cm³/mol. The van der Waals surface area contributed by atoms with Crippen LogP contribution >= 0.6 is 0 Å². The first-order chi connectivity index (χ1) is 13.2. The molecule has 4 rings (SSSR count). The van der Waals surface area contributed by atoms with Gasteiger partial charge in [0.1, 0.15) is 0 Å². The summed E-state index contributed by atoms with van der Waals surface area (Å²) >= 11 is 0. The van der Waals surface area contributed by atoms with Crippen LogP contribution in [0.4, 0.5) is 0 Å². The number of rotatable bonds is 3. The summed E-state index contributed by atoms with van der Waals surface area (Å²) in [5, 5.41) is 0. The third-order valence-electron chi connectivity index (χ3n) is 10.5. The summed E-state index contributed by atoms with van der Waals surface area (Å²) in [5.74, 6) is 4.82. The van der Waals surface area contributed by atoms with Crippen molar-refractivity contribution in [1.82, 2.24) is 4.90 Å². The molecule has 4 aliphatic rings. The summed E-state index contributed by atoms with van der Waals surface area (Å²) in [5.41, 5.74) is 2.47. The molecule has 0 saturated heterocycles. The SMILES string of the molecule is CC(C)=N[C@H]1CC[C@@]2(C)[C@@H](CC[C@@H]3[C@@H]2CC[C@]2(C)[C@@H](C(C)N(C)C)CC[C@@H]32)C1. The predicted octanol–water partition coefficient (Wildman–Crippen LogP) is 6.44. The Labute approximate surface area is 174 Å². The molecule has 0 aromatic heterocycles. The largest absolute Gasteiger partial charge is 0.306 e. The molecule has 2 heteroatoms. The van der Waals surface area contributed by atoms with Crippen molar-refractivity contribution in [2.24, 2.45) is 45.4 Å². The van der Waals surface area contributed by atoms with Gasteiger partial charge in [0.2, 0.25) is 0 Å². The van der Waals surface area contributed by atoms with Crippen molar-refractivity contribution in [3.05, 3.63) is 0 Å². The molecule has 4 aliphatic carbocycles. The second-order valence-electron chi connectivity index (χ2n) is 12.1. The van der Waals surface area contributed by atoms with Crippen molar-refractivity contribution in [2.75, 3.05) is 14.1 Å². The summed E-state index contributed by atoms with van der Waals surface area (Å²) in [6.45, 7) is 12.2. The van der Waals surface area contributed by atoms with Crippen molar-refractivity contribution < 1.29 is 0 Å². The number of nitrogens with zero attached hydrogens (tertiary/aromatic N) is 2. The normalized spacial score (nSPS) is 49.1. The molecule has 28 heavy (non-hydrogen) atoms. The van der Waals surface area contributed by atoms with Gasteiger partial charge < -0.3 is 4.90 Å². The Morgan fingerprint density at radius 3 is 2.25 bits per heavy atom. The smallest absolute Gasteiger partial charge is 0.0501 e. The topological polar surface area (TPSA) is 15.6 Å². The van der Waals surface area contributed by atoms with Crippen LogP contribution in [0.1, 0.15) is 92.4 Å². The van der Waals surface area contributed by atoms with Crippen LogP contribution in [-0.4, -0.2) is 36.8 Å². The fraction of sp³-hybridized carbons (Fsp3) is 0.962. The highest BCUT2D eigenvalue weighted by molar-refractivity contribution is 5.79. The first-order valence-corrected chi connectivity index (χ1v) is 12.3. The molecular weight excluding hydrogens is 340 g/mol. The minimum absolute atomic E-state index is 0.592. The van der Waals surface area contributed by atoms with E-state index in [1.54, 1.807) is 0 Å². The van der Waals surface area contributed by atoms with Crippen LogP contribution < -0.4 is 0 Å². The Morgan fingerprint density at radius 2 is 1.57 bits per heavy atom. The molecule has 4 saturated carbocycles. The van der Waals surface area contributed by atoms with E-state index in [0.29, 0.717) is 16.9 Å². The number of hydrogen-bond donors (Lipinski definition) is 0. The van der Waals surface area contributed by atoms with Gasteiger partial charge in [0.05, 0.1) is 6.04 Å². The molecule has 0 aromatic carbocycles. The maximum atomic E-state index is 4.98. The van der Waals surface area contributed by atoms with Crippen molar-refractivity contribution in [3.8, 4) is 0 Å². The number of fused-ring (bicyclic) bond motifs is 5. The summed E-state index contributed by atoms with van der Waals surface area (Å²) in [7, 11) is 4.58. The van der Waals surface area contributed by atoms with E-state index in [1.807, 2.05) is 0 Å². The minimum Gasteiger partial charge on any atom is -0.306 e. The minimum atomic E-state index is 0.592. The van der Waals surface area contributed by atoms with E-state index < -0.39 is 0 Å². The Bertz CT molecular complexity index is 606. The molecule has 0 heterocycles. The molecule has 9 atom stereocenters. The second kappa shape index (κ2) is 7.40. The zero-order chi connectivity index (χ0) is 20.3. The van der Waals surface area contributed by atoms with E-state index in [1.165, 1.54) is 63.5 Å². The highest BCUT2D eigenvalue weighted by atomic mass is 15.1. The fourth-order valence-electron chi connectivity index (χ4n) is 8.91. The van der Waals surface area contributed by atoms with Gasteiger partial charge >= 0.3 is 0 Å². The highest BCUT2D eigenvalue weighted by Crippen LogP contribution is 2.68. The van der Waals surface area contributed by atoms with Gasteiger partial charge in [-0.3, -0.25) is 4.99 Å². The molecule has 0 radical (unpaired) electrons. The van der Waals surface area contributed by atoms with Gasteiger partial charge in [-0.1, -0.05) is 13.8 Å². The van der Waals surface area contributed by atoms with Crippen LogP contribution in [0.5, 0.6) is 0 Å². The first kappa shape index (κ1) is 20.9. The van der Waals surface area contributed by atoms with Crippen LogP contribution in [-0.2, 0) is 0 Å². The van der Waals surface area contributed by atoms with E-state index >= 15 is 0 Å². The van der Waals surface area contributed by atoms with E-state index in [-0.39, 0.29) is 0 Å². The molecule has 4 fully saturated rings. The number of aliphatic imine (C=N–C) groups is 1. The Morgan fingerprint density at radius 1 is 0.893 bits per heavy atom. The maximum absolute atomic E-state index is 4.98. The quantitative estimate of drug-likeness (QED) is 0.509. The lowest BCUT2D eigenvalue weighted by Crippen LogP contribution is -2.54. The van der Waals surface area contributed by atoms with Gasteiger partial charge in [0, 0.05) is 11.8 Å². The van der Waals surface area contributed by atoms with E-state index in [2.05, 4.69) is 53.6 Å². The molecular formula is C26H46N2. The molecule has 0 aliphatic heterocycles. The standard InChI is InChI=1S/C26H46N2/c1-17(2)27-20-12-14-25(4)19(16-20)8-9-21-23-11-10-22(18(3)28(6)7)26(23,5)15-13-24(21)25/h18-24H,8-16H2,1-7H3/t18?,19-,20-,21-,22+,23-,24-,25-,26+/m0/s1. The summed E-state index contributed by atoms with van der Waals surface area (Å²) in [4.78, 5) is 7.47. The van der Waals surface area contributed by atoms with E-state index in [0.717, 1.165) is 35.6 Å². The van der Waals surface area contributed by atoms with Gasteiger partial charge in [0.25, 0.3) is 0 Å². The Kier molecular flexibility index (Phi) is 5.52. The average molecular weight is 387 g/mol. The monoisotopic (exact) mass is 386 g/mol. The van der Waals surface area contributed by atoms with Crippen LogP contribution in [0.15, 0.2) is 4.99 Å². The summed E-state index contributed by atoms with van der Waals surface area (Å²) in [6.07, 6.45) is 13.1. The Balaban J connectivity index is 1.53. The molecule has 0 bridgehead atoms. The molecule has 0 aromatic rings. The number of hydrogen-bond acceptors (Lipinski definition) is 2. The molecule has 1 unspecified atom stereocenters. The van der Waals surface area contributed by atoms with E-state index in [4.69, 9.17) is 4.99 Å². The highest BCUT2D eigenvalue weighted by Gasteiger charge is 2.60. The van der Waals surface area contributed by atoms with Crippen molar-refractivity contribution >= 4 is 5.71 Å². The van der Waals surface area contributed by atoms with Crippen LogP contribution in [0, 0.1) is 40.4 Å². The van der Waals surface area contributed by atoms with Crippen molar-refractivity contribution in [3.63, 3.8) is 0 Å². The lowest BCUT2D eigenvalue weighted by Gasteiger charge is -2.61. The second-order valence-corrected chi connectivity index (χ2v) is 12.1. The molecule has 0 spiro atoms. The lowest BCUT2D eigenvalue weighted by molar-refractivity contribution is -0.116. The third-order valence-corrected chi connectivity index (χ3v) is 10.5.